The third kappa shape index (κ3) is 3.30. The van der Waals surface area contributed by atoms with Crippen LogP contribution in [0.15, 0.2) is 66.7 Å². The maximum atomic E-state index is 6.03. The molecule has 2 heterocycles. The predicted octanol–water partition coefficient (Wildman–Crippen LogP) is 6.16. The number of ether oxygens (including phenoxy) is 1. The van der Waals surface area contributed by atoms with Crippen LogP contribution in [0.4, 0.5) is 0 Å². The summed E-state index contributed by atoms with van der Waals surface area (Å²) in [6.07, 6.45) is 16.3. The summed E-state index contributed by atoms with van der Waals surface area (Å²) in [4.78, 5) is 4.29. The molecule has 27 heavy (non-hydrogen) atoms. The average Bonchev–Trinajstić information content (AvgIpc) is 2.96. The molecule has 0 saturated heterocycles. The van der Waals surface area contributed by atoms with E-state index in [0.29, 0.717) is 6.10 Å². The molecule has 4 rings (SSSR count). The number of allylic oxidation sites excluding steroid dienone is 5. The van der Waals surface area contributed by atoms with Crippen LogP contribution in [0.25, 0.3) is 27.4 Å². The van der Waals surface area contributed by atoms with Crippen LogP contribution in [0.3, 0.4) is 0 Å². The highest BCUT2D eigenvalue weighted by molar-refractivity contribution is 6.08. The molecule has 1 fully saturated rings. The molecule has 1 aromatic carbocycles. The lowest BCUT2D eigenvalue weighted by atomic mass is 9.96. The molecule has 3 aromatic rings. The van der Waals surface area contributed by atoms with Crippen molar-refractivity contribution in [2.24, 2.45) is 7.05 Å². The Kier molecular flexibility index (Phi) is 4.85. The van der Waals surface area contributed by atoms with E-state index in [9.17, 15) is 0 Å². The molecule has 0 radical (unpaired) electrons. The number of aromatic nitrogens is 2. The van der Waals surface area contributed by atoms with Gasteiger partial charge in [-0.3, -0.25) is 4.98 Å². The molecular formula is C24H26N2O. The normalized spacial score (nSPS) is 16.4. The van der Waals surface area contributed by atoms with Crippen LogP contribution in [0.1, 0.15) is 38.7 Å². The highest BCUT2D eigenvalue weighted by Gasteiger charge is 2.19. The van der Waals surface area contributed by atoms with Gasteiger partial charge < -0.3 is 9.30 Å². The van der Waals surface area contributed by atoms with Gasteiger partial charge >= 0.3 is 0 Å². The van der Waals surface area contributed by atoms with Crippen molar-refractivity contribution in [3.05, 3.63) is 72.3 Å². The van der Waals surface area contributed by atoms with Gasteiger partial charge in [-0.05, 0) is 68.5 Å². The summed E-state index contributed by atoms with van der Waals surface area (Å²) < 4.78 is 8.27. The molecule has 3 heteroatoms. The number of benzene rings is 1. The number of rotatable bonds is 5. The third-order valence-electron chi connectivity index (χ3n) is 5.52. The number of hydrogen-bond acceptors (Lipinski definition) is 2. The van der Waals surface area contributed by atoms with Gasteiger partial charge in [-0.25, -0.2) is 0 Å². The third-order valence-corrected chi connectivity index (χ3v) is 5.52. The van der Waals surface area contributed by atoms with E-state index < -0.39 is 0 Å². The highest BCUT2D eigenvalue weighted by atomic mass is 16.5. The summed E-state index contributed by atoms with van der Waals surface area (Å²) in [6, 6.07) is 8.72. The fourth-order valence-corrected chi connectivity index (χ4v) is 3.65. The quantitative estimate of drug-likeness (QED) is 0.403. The van der Waals surface area contributed by atoms with Crippen LogP contribution in [-0.4, -0.2) is 15.7 Å². The van der Waals surface area contributed by atoms with Crippen molar-refractivity contribution in [3.8, 4) is 0 Å². The molecule has 2 aromatic heterocycles. The van der Waals surface area contributed by atoms with Crippen molar-refractivity contribution in [2.75, 3.05) is 0 Å². The number of hydrogen-bond donors (Lipinski definition) is 0. The zero-order valence-electron chi connectivity index (χ0n) is 16.3. The van der Waals surface area contributed by atoms with Gasteiger partial charge in [0.1, 0.15) is 5.76 Å². The van der Waals surface area contributed by atoms with Crippen LogP contribution in [0, 0.1) is 0 Å². The minimum absolute atomic E-state index is 0.399. The van der Waals surface area contributed by atoms with E-state index in [-0.39, 0.29) is 0 Å². The monoisotopic (exact) mass is 358 g/mol. The first-order valence-electron chi connectivity index (χ1n) is 9.71. The van der Waals surface area contributed by atoms with E-state index in [2.05, 4.69) is 66.0 Å². The molecule has 0 unspecified atom stereocenters. The van der Waals surface area contributed by atoms with Gasteiger partial charge in [0.05, 0.1) is 11.6 Å². The summed E-state index contributed by atoms with van der Waals surface area (Å²) in [6.45, 7) is 4.11. The van der Waals surface area contributed by atoms with E-state index in [1.807, 2.05) is 25.4 Å². The van der Waals surface area contributed by atoms with Crippen LogP contribution in [0.2, 0.25) is 0 Å². The SMILES string of the molecule is C\C=C(/C=C\C(=C/C)c1ccc2c3cnccc3n(C)c2c1)OC1CCC1. The van der Waals surface area contributed by atoms with Gasteiger partial charge in [0.2, 0.25) is 0 Å². The molecule has 1 aliphatic carbocycles. The summed E-state index contributed by atoms with van der Waals surface area (Å²) in [5.41, 5.74) is 4.83. The number of fused-ring (bicyclic) bond motifs is 3. The number of pyridine rings is 1. The van der Waals surface area contributed by atoms with E-state index in [1.165, 1.54) is 52.2 Å². The maximum absolute atomic E-state index is 6.03. The number of nitrogens with zero attached hydrogens (tertiary/aromatic N) is 2. The van der Waals surface area contributed by atoms with E-state index in [0.717, 1.165) is 5.76 Å². The zero-order valence-corrected chi connectivity index (χ0v) is 16.3. The molecule has 0 spiro atoms. The first-order valence-corrected chi connectivity index (χ1v) is 9.71. The Morgan fingerprint density at radius 3 is 2.63 bits per heavy atom. The molecule has 1 aliphatic rings. The molecule has 0 bridgehead atoms. The highest BCUT2D eigenvalue weighted by Crippen LogP contribution is 2.30. The smallest absolute Gasteiger partial charge is 0.115 e. The molecule has 138 valence electrons. The van der Waals surface area contributed by atoms with E-state index in [4.69, 9.17) is 4.74 Å². The van der Waals surface area contributed by atoms with Crippen molar-refractivity contribution in [1.29, 1.82) is 0 Å². The van der Waals surface area contributed by atoms with Crippen molar-refractivity contribution in [2.45, 2.75) is 39.2 Å². The van der Waals surface area contributed by atoms with Gasteiger partial charge in [0.25, 0.3) is 0 Å². The zero-order chi connectivity index (χ0) is 18.8. The van der Waals surface area contributed by atoms with Gasteiger partial charge in [0.15, 0.2) is 0 Å². The summed E-state index contributed by atoms with van der Waals surface area (Å²) >= 11 is 0. The largest absolute Gasteiger partial charge is 0.491 e. The lowest BCUT2D eigenvalue weighted by molar-refractivity contribution is 0.0589. The first kappa shape index (κ1) is 17.6. The standard InChI is InChI=1S/C24H26N2O/c1-4-17(9-11-19(5-2)27-20-7-6-8-20)18-10-12-21-22-16-25-14-13-23(22)26(3)24(21)15-18/h4-5,9-16,20H,6-8H2,1-3H3/b11-9-,17-4+,19-5+. The topological polar surface area (TPSA) is 27.1 Å². The Hall–Kier alpha value is -2.81. The summed E-state index contributed by atoms with van der Waals surface area (Å²) in [7, 11) is 2.12. The van der Waals surface area contributed by atoms with Crippen LogP contribution in [-0.2, 0) is 11.8 Å². The lowest BCUT2D eigenvalue weighted by Gasteiger charge is -2.26. The van der Waals surface area contributed by atoms with Crippen LogP contribution in [0.5, 0.6) is 0 Å². The minimum Gasteiger partial charge on any atom is -0.491 e. The molecule has 3 nitrogen and oxygen atoms in total. The Bertz CT molecular complexity index is 1060. The van der Waals surface area contributed by atoms with Gasteiger partial charge in [-0.15, -0.1) is 0 Å². The van der Waals surface area contributed by atoms with Crippen molar-refractivity contribution in [3.63, 3.8) is 0 Å². The Morgan fingerprint density at radius 2 is 1.93 bits per heavy atom. The average molecular weight is 358 g/mol. The van der Waals surface area contributed by atoms with Crippen molar-refractivity contribution < 1.29 is 4.74 Å². The predicted molar refractivity (Wildman–Crippen MR) is 113 cm³/mol. The van der Waals surface area contributed by atoms with E-state index >= 15 is 0 Å². The van der Waals surface area contributed by atoms with Crippen molar-refractivity contribution in [1.82, 2.24) is 9.55 Å². The molecule has 0 N–H and O–H groups in total. The molecule has 0 atom stereocenters. The molecule has 1 saturated carbocycles. The summed E-state index contributed by atoms with van der Waals surface area (Å²) in [5, 5.41) is 2.44. The first-order chi connectivity index (χ1) is 13.2. The Labute approximate surface area is 160 Å². The Morgan fingerprint density at radius 1 is 1.07 bits per heavy atom. The molecular weight excluding hydrogens is 332 g/mol. The maximum Gasteiger partial charge on any atom is 0.115 e. The van der Waals surface area contributed by atoms with Gasteiger partial charge in [-0.2, -0.15) is 0 Å². The van der Waals surface area contributed by atoms with E-state index in [1.54, 1.807) is 0 Å². The summed E-state index contributed by atoms with van der Waals surface area (Å²) in [5.74, 6) is 0.954. The van der Waals surface area contributed by atoms with Crippen molar-refractivity contribution >= 4 is 27.4 Å². The fraction of sp³-hybridized carbons (Fsp3) is 0.292. The fourth-order valence-electron chi connectivity index (χ4n) is 3.65. The number of aryl methyl sites for hydroxylation is 1. The van der Waals surface area contributed by atoms with Crippen LogP contribution < -0.4 is 0 Å². The van der Waals surface area contributed by atoms with Gasteiger partial charge in [-0.1, -0.05) is 24.3 Å². The second-order valence-electron chi connectivity index (χ2n) is 7.12. The van der Waals surface area contributed by atoms with Gasteiger partial charge in [0, 0.05) is 35.7 Å². The Balaban J connectivity index is 1.66. The molecule has 0 aliphatic heterocycles. The second-order valence-corrected chi connectivity index (χ2v) is 7.12. The lowest BCUT2D eigenvalue weighted by Crippen LogP contribution is -2.20. The second kappa shape index (κ2) is 7.43. The van der Waals surface area contributed by atoms with Crippen LogP contribution >= 0.6 is 0 Å². The molecule has 0 amide bonds. The minimum atomic E-state index is 0.399.